The number of H-pyrrole nitrogens is 1. The summed E-state index contributed by atoms with van der Waals surface area (Å²) in [5.74, 6) is -0.335. The van der Waals surface area contributed by atoms with Crippen LogP contribution in [0, 0.1) is 0 Å². The van der Waals surface area contributed by atoms with E-state index in [1.165, 1.54) is 17.0 Å². The van der Waals surface area contributed by atoms with Gasteiger partial charge in [0, 0.05) is 36.3 Å². The zero-order valence-electron chi connectivity index (χ0n) is 11.1. The minimum atomic E-state index is -2.68. The number of aromatic nitrogens is 3. The van der Waals surface area contributed by atoms with Crippen molar-refractivity contribution in [3.8, 4) is 0 Å². The van der Waals surface area contributed by atoms with E-state index in [-0.39, 0.29) is 34.0 Å². The molecule has 5 nitrogen and oxygen atoms in total. The highest BCUT2D eigenvalue weighted by Gasteiger charge is 2.29. The third-order valence-electron chi connectivity index (χ3n) is 3.47. The van der Waals surface area contributed by atoms with E-state index in [2.05, 4.69) is 15.2 Å². The van der Waals surface area contributed by atoms with Gasteiger partial charge in [0.25, 0.3) is 12.3 Å². The van der Waals surface area contributed by atoms with E-state index in [0.717, 1.165) is 0 Å². The molecule has 1 N–H and O–H groups in total. The average molecular weight is 347 g/mol. The summed E-state index contributed by atoms with van der Waals surface area (Å²) in [5.41, 5.74) is 0.986. The van der Waals surface area contributed by atoms with Crippen LogP contribution in [0.5, 0.6) is 0 Å². The van der Waals surface area contributed by atoms with Crippen LogP contribution in [-0.4, -0.2) is 32.5 Å². The Morgan fingerprint density at radius 3 is 2.64 bits per heavy atom. The van der Waals surface area contributed by atoms with E-state index in [1.807, 2.05) is 0 Å². The first-order chi connectivity index (χ1) is 10.5. The minimum Gasteiger partial charge on any atom is -0.334 e. The summed E-state index contributed by atoms with van der Waals surface area (Å²) in [4.78, 5) is 17.7. The molecule has 9 heteroatoms. The summed E-state index contributed by atoms with van der Waals surface area (Å²) in [6.07, 6.45) is -2.24. The Hall–Kier alpha value is -1.73. The number of halogens is 4. The Kier molecular flexibility index (Phi) is 4.01. The fraction of sp³-hybridized carbons (Fsp3) is 0.308. The monoisotopic (exact) mass is 346 g/mol. The van der Waals surface area contributed by atoms with Crippen molar-refractivity contribution in [2.24, 2.45) is 0 Å². The quantitative estimate of drug-likeness (QED) is 0.849. The van der Waals surface area contributed by atoms with Crippen molar-refractivity contribution in [1.82, 2.24) is 20.1 Å². The lowest BCUT2D eigenvalue weighted by atomic mass is 10.0. The van der Waals surface area contributed by atoms with Crippen molar-refractivity contribution in [2.75, 3.05) is 6.54 Å². The maximum Gasteiger partial charge on any atom is 0.282 e. The van der Waals surface area contributed by atoms with Crippen LogP contribution in [0.1, 0.15) is 33.7 Å². The number of hydrogen-bond acceptors (Lipinski definition) is 3. The maximum atomic E-state index is 12.9. The summed E-state index contributed by atoms with van der Waals surface area (Å²) in [5, 5.41) is 6.44. The summed E-state index contributed by atoms with van der Waals surface area (Å²) in [6, 6.07) is 2.79. The van der Waals surface area contributed by atoms with Gasteiger partial charge in [0.1, 0.15) is 16.0 Å². The number of fused-ring (bicyclic) bond motifs is 1. The van der Waals surface area contributed by atoms with Crippen molar-refractivity contribution in [2.45, 2.75) is 19.4 Å². The van der Waals surface area contributed by atoms with Crippen LogP contribution in [-0.2, 0) is 13.0 Å². The van der Waals surface area contributed by atoms with Crippen LogP contribution in [0.15, 0.2) is 12.1 Å². The molecule has 1 aliphatic rings. The first kappa shape index (κ1) is 15.2. The average Bonchev–Trinajstić information content (AvgIpc) is 2.88. The van der Waals surface area contributed by atoms with Crippen LogP contribution >= 0.6 is 23.2 Å². The van der Waals surface area contributed by atoms with Gasteiger partial charge in [0.05, 0.1) is 0 Å². The first-order valence-corrected chi connectivity index (χ1v) is 7.18. The number of carbonyl (C=O) groups is 1. The number of carbonyl (C=O) groups excluding carboxylic acids is 1. The standard InChI is InChI=1S/C13H10Cl2F2N4O/c14-9-3-6(4-10(15)18-9)13(22)21-2-1-8-7(5-21)11(12(16)17)20-19-8/h3-4,12H,1-2,5H2,(H,19,20). The normalized spacial score (nSPS) is 14.3. The molecule has 1 aliphatic heterocycles. The highest BCUT2D eigenvalue weighted by Crippen LogP contribution is 2.28. The molecule has 0 atom stereocenters. The third kappa shape index (κ3) is 2.78. The first-order valence-electron chi connectivity index (χ1n) is 6.42. The van der Waals surface area contributed by atoms with E-state index in [9.17, 15) is 13.6 Å². The van der Waals surface area contributed by atoms with E-state index in [0.29, 0.717) is 24.2 Å². The van der Waals surface area contributed by atoms with Gasteiger partial charge in [-0.25, -0.2) is 13.8 Å². The zero-order valence-corrected chi connectivity index (χ0v) is 12.6. The van der Waals surface area contributed by atoms with Gasteiger partial charge in [-0.15, -0.1) is 0 Å². The fourth-order valence-corrected chi connectivity index (χ4v) is 2.90. The molecule has 0 fully saturated rings. The van der Waals surface area contributed by atoms with E-state index < -0.39 is 6.43 Å². The van der Waals surface area contributed by atoms with Gasteiger partial charge in [-0.3, -0.25) is 9.89 Å². The van der Waals surface area contributed by atoms with Crippen LogP contribution < -0.4 is 0 Å². The number of nitrogens with one attached hydrogen (secondary N) is 1. The number of rotatable bonds is 2. The smallest absolute Gasteiger partial charge is 0.282 e. The molecule has 22 heavy (non-hydrogen) atoms. The number of pyridine rings is 1. The van der Waals surface area contributed by atoms with E-state index >= 15 is 0 Å². The molecule has 3 rings (SSSR count). The Morgan fingerprint density at radius 1 is 1.32 bits per heavy atom. The number of hydrogen-bond donors (Lipinski definition) is 1. The van der Waals surface area contributed by atoms with E-state index in [1.54, 1.807) is 0 Å². The third-order valence-corrected chi connectivity index (χ3v) is 3.86. The molecule has 0 spiro atoms. The van der Waals surface area contributed by atoms with Crippen LogP contribution in [0.3, 0.4) is 0 Å². The highest BCUT2D eigenvalue weighted by atomic mass is 35.5. The summed E-state index contributed by atoms with van der Waals surface area (Å²) in [6.45, 7) is 0.468. The van der Waals surface area contributed by atoms with Crippen LogP contribution in [0.4, 0.5) is 8.78 Å². The molecular weight excluding hydrogens is 337 g/mol. The number of aromatic amines is 1. The highest BCUT2D eigenvalue weighted by molar-refractivity contribution is 6.33. The van der Waals surface area contributed by atoms with Gasteiger partial charge in [0.15, 0.2) is 0 Å². The topological polar surface area (TPSA) is 61.9 Å². The van der Waals surface area contributed by atoms with E-state index in [4.69, 9.17) is 23.2 Å². The number of amides is 1. The van der Waals surface area contributed by atoms with Gasteiger partial charge in [0.2, 0.25) is 0 Å². The molecular formula is C13H10Cl2F2N4O. The molecule has 2 aromatic rings. The molecule has 0 radical (unpaired) electrons. The van der Waals surface area contributed by atoms with Crippen molar-refractivity contribution in [3.05, 3.63) is 45.0 Å². The van der Waals surface area contributed by atoms with Crippen molar-refractivity contribution >= 4 is 29.1 Å². The Morgan fingerprint density at radius 2 is 2.00 bits per heavy atom. The second-order valence-corrected chi connectivity index (χ2v) is 5.62. The Balaban J connectivity index is 1.87. The second-order valence-electron chi connectivity index (χ2n) is 4.84. The molecule has 116 valence electrons. The molecule has 0 saturated carbocycles. The lowest BCUT2D eigenvalue weighted by molar-refractivity contribution is 0.0729. The molecule has 3 heterocycles. The molecule has 0 saturated heterocycles. The molecule has 1 amide bonds. The minimum absolute atomic E-state index is 0.0713. The zero-order chi connectivity index (χ0) is 15.9. The van der Waals surface area contributed by atoms with Crippen molar-refractivity contribution in [1.29, 1.82) is 0 Å². The van der Waals surface area contributed by atoms with Gasteiger partial charge in [-0.1, -0.05) is 23.2 Å². The van der Waals surface area contributed by atoms with Gasteiger partial charge in [-0.05, 0) is 12.1 Å². The molecule has 0 aliphatic carbocycles. The number of nitrogens with zero attached hydrogens (tertiary/aromatic N) is 3. The lowest BCUT2D eigenvalue weighted by Crippen LogP contribution is -2.36. The Labute approximate surface area is 134 Å². The lowest BCUT2D eigenvalue weighted by Gasteiger charge is -2.27. The van der Waals surface area contributed by atoms with Gasteiger partial charge < -0.3 is 4.90 Å². The maximum absolute atomic E-state index is 12.9. The second kappa shape index (κ2) is 5.81. The predicted octanol–water partition coefficient (Wildman–Crippen LogP) is 3.25. The fourth-order valence-electron chi connectivity index (χ4n) is 2.44. The Bertz CT molecular complexity index is 715. The largest absolute Gasteiger partial charge is 0.334 e. The molecule has 0 unspecified atom stereocenters. The predicted molar refractivity (Wildman–Crippen MR) is 76.2 cm³/mol. The SMILES string of the molecule is O=C(c1cc(Cl)nc(Cl)c1)N1CCc2[nH]nc(C(F)F)c2C1. The molecule has 0 bridgehead atoms. The number of alkyl halides is 2. The van der Waals surface area contributed by atoms with Crippen LogP contribution in [0.25, 0.3) is 0 Å². The molecule has 2 aromatic heterocycles. The van der Waals surface area contributed by atoms with Crippen molar-refractivity contribution < 1.29 is 13.6 Å². The summed E-state index contributed by atoms with van der Waals surface area (Å²) < 4.78 is 25.8. The van der Waals surface area contributed by atoms with Crippen molar-refractivity contribution in [3.63, 3.8) is 0 Å². The summed E-state index contributed by atoms with van der Waals surface area (Å²) >= 11 is 11.6. The van der Waals surface area contributed by atoms with Crippen LogP contribution in [0.2, 0.25) is 10.3 Å². The summed E-state index contributed by atoms with van der Waals surface area (Å²) in [7, 11) is 0. The molecule has 0 aromatic carbocycles. The van der Waals surface area contributed by atoms with Gasteiger partial charge >= 0.3 is 0 Å². The van der Waals surface area contributed by atoms with Gasteiger partial charge in [-0.2, -0.15) is 5.10 Å².